The third-order valence-corrected chi connectivity index (χ3v) is 9.21. The van der Waals surface area contributed by atoms with Crippen molar-refractivity contribution in [3.63, 3.8) is 0 Å². The Bertz CT molecular complexity index is 998. The number of benzene rings is 1. The fourth-order valence-electron chi connectivity index (χ4n) is 7.08. The molecule has 4 saturated carbocycles. The van der Waals surface area contributed by atoms with Gasteiger partial charge in [0.2, 0.25) is 5.79 Å². The van der Waals surface area contributed by atoms with Crippen molar-refractivity contribution < 1.29 is 28.3 Å². The Morgan fingerprint density at radius 1 is 1.09 bits per heavy atom. The largest absolute Gasteiger partial charge is 0.496 e. The molecule has 3 unspecified atom stereocenters. The molecule has 0 radical (unpaired) electrons. The molecule has 172 valence electrons. The van der Waals surface area contributed by atoms with Crippen molar-refractivity contribution in [2.75, 3.05) is 7.11 Å². The minimum Gasteiger partial charge on any atom is -0.496 e. The molecule has 32 heavy (non-hydrogen) atoms. The molecule has 6 aliphatic rings. The van der Waals surface area contributed by atoms with Crippen LogP contribution in [-0.4, -0.2) is 37.7 Å². The van der Waals surface area contributed by atoms with Crippen molar-refractivity contribution in [2.45, 2.75) is 89.5 Å². The topological polar surface area (TPSA) is 63.2 Å². The zero-order valence-electron chi connectivity index (χ0n) is 19.9. The fourth-order valence-corrected chi connectivity index (χ4v) is 7.08. The standard InChI is InChI=1S/C25H33BO6/c1-22(2)14-11-17(22)24(5)18(12-14)31-26(32-24)13-25(9-10-25)15-7-8-16(28-6)19-20(15)29-23(3,4)30-21(19)27/h7-8,14,17-18H,9-13H2,1-6H3/t14?,17?,18?,24-/m0/s1. The van der Waals surface area contributed by atoms with Crippen LogP contribution in [0.3, 0.4) is 0 Å². The van der Waals surface area contributed by atoms with E-state index in [0.717, 1.165) is 37.1 Å². The second-order valence-electron chi connectivity index (χ2n) is 11.8. The van der Waals surface area contributed by atoms with Gasteiger partial charge in [0.15, 0.2) is 0 Å². The second kappa shape index (κ2) is 6.23. The van der Waals surface area contributed by atoms with Crippen molar-refractivity contribution in [1.29, 1.82) is 0 Å². The molecule has 5 fully saturated rings. The summed E-state index contributed by atoms with van der Waals surface area (Å²) in [6, 6.07) is 3.90. The van der Waals surface area contributed by atoms with Crippen LogP contribution in [-0.2, 0) is 19.5 Å². The van der Waals surface area contributed by atoms with Crippen molar-refractivity contribution in [1.82, 2.24) is 0 Å². The Kier molecular flexibility index (Phi) is 4.06. The summed E-state index contributed by atoms with van der Waals surface area (Å²) in [7, 11) is 1.33. The number of rotatable bonds is 4. The first kappa shape index (κ1) is 20.9. The van der Waals surface area contributed by atoms with E-state index >= 15 is 0 Å². The van der Waals surface area contributed by atoms with Gasteiger partial charge in [0.05, 0.1) is 18.8 Å². The Morgan fingerprint density at radius 3 is 2.50 bits per heavy atom. The van der Waals surface area contributed by atoms with Gasteiger partial charge in [-0.1, -0.05) is 19.9 Å². The smallest absolute Gasteiger partial charge is 0.458 e. The first-order valence-electron chi connectivity index (χ1n) is 12.0. The first-order chi connectivity index (χ1) is 15.0. The van der Waals surface area contributed by atoms with E-state index in [1.807, 2.05) is 12.1 Å². The van der Waals surface area contributed by atoms with Crippen LogP contribution in [0.4, 0.5) is 0 Å². The van der Waals surface area contributed by atoms with Crippen LogP contribution in [0.15, 0.2) is 12.1 Å². The SMILES string of the molecule is COc1ccc(C2(CB3OC4CC5CC(C5(C)C)[C@]4(C)O3)CC2)c2c1C(=O)OC(C)(C)O2. The number of methoxy groups -OCH3 is 1. The average Bonchev–Trinajstić information content (AvgIpc) is 3.38. The Balaban J connectivity index is 1.31. The third kappa shape index (κ3) is 2.70. The number of hydrogen-bond donors (Lipinski definition) is 0. The lowest BCUT2D eigenvalue weighted by molar-refractivity contribution is -0.199. The van der Waals surface area contributed by atoms with E-state index in [-0.39, 0.29) is 24.2 Å². The minimum absolute atomic E-state index is 0.114. The maximum absolute atomic E-state index is 12.8. The summed E-state index contributed by atoms with van der Waals surface area (Å²) < 4.78 is 30.4. The van der Waals surface area contributed by atoms with Crippen LogP contribution in [0.25, 0.3) is 0 Å². The minimum atomic E-state index is -1.02. The fraction of sp³-hybridized carbons (Fsp3) is 0.720. The van der Waals surface area contributed by atoms with Gasteiger partial charge in [0, 0.05) is 19.4 Å². The quantitative estimate of drug-likeness (QED) is 0.498. The summed E-state index contributed by atoms with van der Waals surface area (Å²) in [6.45, 7) is 10.6. The van der Waals surface area contributed by atoms with Gasteiger partial charge in [-0.2, -0.15) is 0 Å². The number of fused-ring (bicyclic) bond motifs is 1. The van der Waals surface area contributed by atoms with E-state index in [2.05, 4.69) is 20.8 Å². The highest BCUT2D eigenvalue weighted by Crippen LogP contribution is 2.67. The van der Waals surface area contributed by atoms with E-state index in [9.17, 15) is 4.79 Å². The number of carbonyl (C=O) groups excluding carboxylic acids is 1. The summed E-state index contributed by atoms with van der Waals surface area (Å²) >= 11 is 0. The highest BCUT2D eigenvalue weighted by molar-refractivity contribution is 6.46. The molecular formula is C25H33BO6. The predicted molar refractivity (Wildman–Crippen MR) is 119 cm³/mol. The Morgan fingerprint density at radius 2 is 1.84 bits per heavy atom. The zero-order chi connectivity index (χ0) is 22.7. The predicted octanol–water partition coefficient (Wildman–Crippen LogP) is 4.74. The van der Waals surface area contributed by atoms with Crippen LogP contribution < -0.4 is 9.47 Å². The first-order valence-corrected chi connectivity index (χ1v) is 12.0. The van der Waals surface area contributed by atoms with E-state index in [1.54, 1.807) is 21.0 Å². The summed E-state index contributed by atoms with van der Waals surface area (Å²) in [6.07, 6.45) is 5.33. The number of cyclic esters (lactones) is 1. The highest BCUT2D eigenvalue weighted by Gasteiger charge is 2.68. The van der Waals surface area contributed by atoms with Gasteiger partial charge in [-0.3, -0.25) is 0 Å². The molecule has 0 amide bonds. The van der Waals surface area contributed by atoms with E-state index in [0.29, 0.717) is 28.4 Å². The van der Waals surface area contributed by atoms with Crippen molar-refractivity contribution in [3.8, 4) is 11.5 Å². The molecule has 1 saturated heterocycles. The maximum atomic E-state index is 12.8. The van der Waals surface area contributed by atoms with Gasteiger partial charge in [-0.05, 0) is 67.7 Å². The summed E-state index contributed by atoms with van der Waals surface area (Å²) in [4.78, 5) is 12.8. The molecule has 2 bridgehead atoms. The Hall–Kier alpha value is -1.73. The average molecular weight is 440 g/mol. The lowest BCUT2D eigenvalue weighted by Gasteiger charge is -2.64. The van der Waals surface area contributed by atoms with Crippen LogP contribution in [0.1, 0.15) is 76.2 Å². The van der Waals surface area contributed by atoms with E-state index in [1.165, 1.54) is 6.42 Å². The van der Waals surface area contributed by atoms with Crippen molar-refractivity contribution in [2.24, 2.45) is 17.3 Å². The second-order valence-corrected chi connectivity index (χ2v) is 11.8. The molecule has 4 atom stereocenters. The third-order valence-electron chi connectivity index (χ3n) is 9.21. The monoisotopic (exact) mass is 440 g/mol. The number of carbonyl (C=O) groups is 1. The lowest BCUT2D eigenvalue weighted by atomic mass is 9.43. The lowest BCUT2D eigenvalue weighted by Crippen LogP contribution is -2.65. The number of esters is 1. The summed E-state index contributed by atoms with van der Waals surface area (Å²) in [5.74, 6) is 0.933. The van der Waals surface area contributed by atoms with Crippen LogP contribution in [0.5, 0.6) is 11.5 Å². The van der Waals surface area contributed by atoms with E-state index in [4.69, 9.17) is 23.5 Å². The Labute approximate surface area is 190 Å². The molecule has 6 nitrogen and oxygen atoms in total. The number of hydrogen-bond acceptors (Lipinski definition) is 6. The van der Waals surface area contributed by atoms with Gasteiger partial charge in [0.25, 0.3) is 0 Å². The van der Waals surface area contributed by atoms with Crippen LogP contribution in [0, 0.1) is 17.3 Å². The molecular weight excluding hydrogens is 407 g/mol. The molecule has 1 aromatic carbocycles. The van der Waals surface area contributed by atoms with Crippen molar-refractivity contribution >= 4 is 13.1 Å². The van der Waals surface area contributed by atoms with Gasteiger partial charge in [-0.25, -0.2) is 4.79 Å². The molecule has 2 aliphatic heterocycles. The molecule has 2 heterocycles. The van der Waals surface area contributed by atoms with Gasteiger partial charge in [-0.15, -0.1) is 0 Å². The van der Waals surface area contributed by atoms with Crippen LogP contribution in [0.2, 0.25) is 6.32 Å². The molecule has 0 aromatic heterocycles. The normalized spacial score (nSPS) is 36.9. The molecule has 1 aromatic rings. The summed E-state index contributed by atoms with van der Waals surface area (Å²) in [5.41, 5.74) is 1.43. The number of ether oxygens (including phenoxy) is 3. The molecule has 0 N–H and O–H groups in total. The highest BCUT2D eigenvalue weighted by atomic mass is 16.7. The van der Waals surface area contributed by atoms with E-state index < -0.39 is 11.8 Å². The van der Waals surface area contributed by atoms with Gasteiger partial charge >= 0.3 is 13.1 Å². The molecule has 0 spiro atoms. The molecule has 7 rings (SSSR count). The molecule has 4 aliphatic carbocycles. The van der Waals surface area contributed by atoms with Crippen molar-refractivity contribution in [3.05, 3.63) is 23.3 Å². The maximum Gasteiger partial charge on any atom is 0.458 e. The summed E-state index contributed by atoms with van der Waals surface area (Å²) in [5, 5.41) is 0. The van der Waals surface area contributed by atoms with Gasteiger partial charge in [0.1, 0.15) is 17.1 Å². The van der Waals surface area contributed by atoms with Crippen LogP contribution >= 0.6 is 0 Å². The van der Waals surface area contributed by atoms with Gasteiger partial charge < -0.3 is 23.5 Å². The molecule has 7 heteroatoms. The zero-order valence-corrected chi connectivity index (χ0v) is 19.9.